The highest BCUT2D eigenvalue weighted by Crippen LogP contribution is 2.21. The van der Waals surface area contributed by atoms with Gasteiger partial charge in [-0.25, -0.2) is 4.79 Å². The fourth-order valence-corrected chi connectivity index (χ4v) is 1.85. The number of esters is 1. The number of carbonyl (C=O) groups is 1. The first kappa shape index (κ1) is 15.5. The van der Waals surface area contributed by atoms with Gasteiger partial charge in [0.1, 0.15) is 5.75 Å². The Morgan fingerprint density at radius 2 is 1.68 bits per heavy atom. The quantitative estimate of drug-likeness (QED) is 0.734. The lowest BCUT2D eigenvalue weighted by molar-refractivity contribution is -0.149. The zero-order valence-corrected chi connectivity index (χ0v) is 12.5. The van der Waals surface area contributed by atoms with Gasteiger partial charge in [0.2, 0.25) is 0 Å². The van der Waals surface area contributed by atoms with Crippen molar-refractivity contribution in [2.24, 2.45) is 5.92 Å². The van der Waals surface area contributed by atoms with Crippen molar-refractivity contribution in [1.82, 2.24) is 0 Å². The van der Waals surface area contributed by atoms with Gasteiger partial charge < -0.3 is 9.47 Å². The molecule has 106 valence electrons. The fraction of sp³-hybridized carbons (Fsp3) is 0.562. The van der Waals surface area contributed by atoms with Gasteiger partial charge in [-0.05, 0) is 36.0 Å². The van der Waals surface area contributed by atoms with Gasteiger partial charge in [-0.3, -0.25) is 0 Å². The van der Waals surface area contributed by atoms with E-state index in [9.17, 15) is 4.79 Å². The minimum atomic E-state index is -0.533. The van der Waals surface area contributed by atoms with Gasteiger partial charge >= 0.3 is 5.97 Å². The second-order valence-electron chi connectivity index (χ2n) is 5.48. The summed E-state index contributed by atoms with van der Waals surface area (Å²) in [5.74, 6) is 1.25. The van der Waals surface area contributed by atoms with Crippen molar-refractivity contribution >= 4 is 5.97 Å². The average Bonchev–Trinajstić information content (AvgIpc) is 2.37. The predicted octanol–water partition coefficient (Wildman–Crippen LogP) is 3.78. The smallest absolute Gasteiger partial charge is 0.347 e. The van der Waals surface area contributed by atoms with Crippen molar-refractivity contribution < 1.29 is 14.3 Å². The van der Waals surface area contributed by atoms with Gasteiger partial charge in [0.05, 0.1) is 7.11 Å². The Morgan fingerprint density at radius 3 is 2.11 bits per heavy atom. The molecule has 0 amide bonds. The molecule has 3 heteroatoms. The average molecular weight is 264 g/mol. The minimum Gasteiger partial charge on any atom is -0.479 e. The molecule has 1 aromatic rings. The number of rotatable bonds is 6. The molecule has 19 heavy (non-hydrogen) atoms. The molecule has 0 radical (unpaired) electrons. The van der Waals surface area contributed by atoms with E-state index in [0.29, 0.717) is 24.0 Å². The zero-order chi connectivity index (χ0) is 14.4. The maximum Gasteiger partial charge on any atom is 0.347 e. The van der Waals surface area contributed by atoms with Crippen LogP contribution in [0.1, 0.15) is 45.6 Å². The lowest BCUT2D eigenvalue weighted by Crippen LogP contribution is -2.30. The molecule has 0 spiro atoms. The number of hydrogen-bond acceptors (Lipinski definition) is 3. The van der Waals surface area contributed by atoms with Gasteiger partial charge in [0.25, 0.3) is 0 Å². The highest BCUT2D eigenvalue weighted by Gasteiger charge is 2.22. The summed E-state index contributed by atoms with van der Waals surface area (Å²) in [5, 5.41) is 0. The van der Waals surface area contributed by atoms with E-state index in [1.807, 2.05) is 24.3 Å². The van der Waals surface area contributed by atoms with Crippen LogP contribution < -0.4 is 4.74 Å². The summed E-state index contributed by atoms with van der Waals surface area (Å²) in [6.45, 7) is 8.40. The Hall–Kier alpha value is -1.51. The first-order valence-corrected chi connectivity index (χ1v) is 6.78. The predicted molar refractivity (Wildman–Crippen MR) is 76.4 cm³/mol. The second-order valence-corrected chi connectivity index (χ2v) is 5.48. The number of methoxy groups -OCH3 is 1. The lowest BCUT2D eigenvalue weighted by atomic mass is 10.0. The highest BCUT2D eigenvalue weighted by molar-refractivity contribution is 5.74. The van der Waals surface area contributed by atoms with E-state index < -0.39 is 6.10 Å². The summed E-state index contributed by atoms with van der Waals surface area (Å²) in [4.78, 5) is 11.7. The van der Waals surface area contributed by atoms with Crippen molar-refractivity contribution in [2.75, 3.05) is 7.11 Å². The third-order valence-electron chi connectivity index (χ3n) is 2.97. The molecule has 1 rings (SSSR count). The van der Waals surface area contributed by atoms with E-state index in [1.54, 1.807) is 0 Å². The molecule has 0 fully saturated rings. The summed E-state index contributed by atoms with van der Waals surface area (Å²) < 4.78 is 10.5. The molecule has 0 aromatic heterocycles. The molecule has 0 aliphatic heterocycles. The van der Waals surface area contributed by atoms with Crippen molar-refractivity contribution in [3.8, 4) is 5.75 Å². The normalized spacial score (nSPS) is 12.6. The summed E-state index contributed by atoms with van der Waals surface area (Å²) in [5.41, 5.74) is 1.26. The SMILES string of the molecule is COC(=O)C(CC(C)C)Oc1ccc(C(C)C)cc1. The summed E-state index contributed by atoms with van der Waals surface area (Å²) >= 11 is 0. The van der Waals surface area contributed by atoms with Crippen LogP contribution in [0, 0.1) is 5.92 Å². The van der Waals surface area contributed by atoms with Crippen LogP contribution in [-0.2, 0) is 9.53 Å². The molecular formula is C16H24O3. The second kappa shape index (κ2) is 7.17. The molecule has 1 unspecified atom stereocenters. The molecule has 1 atom stereocenters. The number of ether oxygens (including phenoxy) is 2. The van der Waals surface area contributed by atoms with Gasteiger partial charge in [-0.15, -0.1) is 0 Å². The van der Waals surface area contributed by atoms with E-state index in [-0.39, 0.29) is 5.97 Å². The Balaban J connectivity index is 2.75. The molecule has 3 nitrogen and oxygen atoms in total. The molecule has 0 bridgehead atoms. The number of carbonyl (C=O) groups excluding carboxylic acids is 1. The third-order valence-corrected chi connectivity index (χ3v) is 2.97. The minimum absolute atomic E-state index is 0.318. The largest absolute Gasteiger partial charge is 0.479 e. The van der Waals surface area contributed by atoms with E-state index in [1.165, 1.54) is 12.7 Å². The fourth-order valence-electron chi connectivity index (χ4n) is 1.85. The van der Waals surface area contributed by atoms with Crippen LogP contribution in [0.2, 0.25) is 0 Å². The maximum atomic E-state index is 11.7. The molecule has 1 aromatic carbocycles. The Morgan fingerprint density at radius 1 is 1.11 bits per heavy atom. The van der Waals surface area contributed by atoms with Crippen molar-refractivity contribution in [3.05, 3.63) is 29.8 Å². The summed E-state index contributed by atoms with van der Waals surface area (Å²) in [6.07, 6.45) is 0.119. The van der Waals surface area contributed by atoms with Crippen LogP contribution in [0.4, 0.5) is 0 Å². The van der Waals surface area contributed by atoms with Crippen molar-refractivity contribution in [2.45, 2.75) is 46.1 Å². The van der Waals surface area contributed by atoms with Crippen molar-refractivity contribution in [1.29, 1.82) is 0 Å². The lowest BCUT2D eigenvalue weighted by Gasteiger charge is -2.19. The number of benzene rings is 1. The monoisotopic (exact) mass is 264 g/mol. The first-order valence-electron chi connectivity index (χ1n) is 6.78. The van der Waals surface area contributed by atoms with Gasteiger partial charge in [0, 0.05) is 0 Å². The van der Waals surface area contributed by atoms with E-state index in [2.05, 4.69) is 27.7 Å². The highest BCUT2D eigenvalue weighted by atomic mass is 16.6. The molecule has 0 aliphatic rings. The van der Waals surface area contributed by atoms with Crippen molar-refractivity contribution in [3.63, 3.8) is 0 Å². The van der Waals surface area contributed by atoms with Crippen LogP contribution >= 0.6 is 0 Å². The topological polar surface area (TPSA) is 35.5 Å². The Labute approximate surface area is 115 Å². The summed E-state index contributed by atoms with van der Waals surface area (Å²) in [7, 11) is 1.39. The van der Waals surface area contributed by atoms with Crippen LogP contribution in [-0.4, -0.2) is 19.2 Å². The molecule has 0 saturated heterocycles. The molecular weight excluding hydrogens is 240 g/mol. The molecule has 0 aliphatic carbocycles. The standard InChI is InChI=1S/C16H24O3/c1-11(2)10-15(16(17)18-5)19-14-8-6-13(7-9-14)12(3)4/h6-9,11-12,15H,10H2,1-5H3. The third kappa shape index (κ3) is 4.93. The van der Waals surface area contributed by atoms with Crippen LogP contribution in [0.3, 0.4) is 0 Å². The zero-order valence-electron chi connectivity index (χ0n) is 12.5. The van der Waals surface area contributed by atoms with Gasteiger partial charge in [0.15, 0.2) is 6.10 Å². The van der Waals surface area contributed by atoms with E-state index >= 15 is 0 Å². The van der Waals surface area contributed by atoms with Gasteiger partial charge in [-0.2, -0.15) is 0 Å². The van der Waals surface area contributed by atoms with E-state index in [4.69, 9.17) is 9.47 Å². The first-order chi connectivity index (χ1) is 8.93. The van der Waals surface area contributed by atoms with Crippen LogP contribution in [0.25, 0.3) is 0 Å². The Bertz CT molecular complexity index is 393. The Kier molecular flexibility index (Phi) is 5.87. The van der Waals surface area contributed by atoms with Crippen LogP contribution in [0.5, 0.6) is 5.75 Å². The van der Waals surface area contributed by atoms with Gasteiger partial charge in [-0.1, -0.05) is 39.8 Å². The van der Waals surface area contributed by atoms with Crippen LogP contribution in [0.15, 0.2) is 24.3 Å². The maximum absolute atomic E-state index is 11.7. The molecule has 0 N–H and O–H groups in total. The number of hydrogen-bond donors (Lipinski definition) is 0. The summed E-state index contributed by atoms with van der Waals surface area (Å²) in [6, 6.07) is 7.88. The molecule has 0 heterocycles. The molecule has 0 saturated carbocycles. The van der Waals surface area contributed by atoms with E-state index in [0.717, 1.165) is 0 Å².